The van der Waals surface area contributed by atoms with Crippen molar-refractivity contribution in [2.24, 2.45) is 5.73 Å². The van der Waals surface area contributed by atoms with Gasteiger partial charge in [0.2, 0.25) is 0 Å². The van der Waals surface area contributed by atoms with Crippen LogP contribution in [0.5, 0.6) is 0 Å². The molecule has 0 bridgehead atoms. The van der Waals surface area contributed by atoms with E-state index in [9.17, 15) is 19.2 Å². The average molecular weight is 394 g/mol. The highest BCUT2D eigenvalue weighted by molar-refractivity contribution is 6.04. The SMILES string of the molecule is Cc1c(-c2ccccc2)oc2c(C(=O)OC(C)C(=O)NC(N)=O)cccc2c1=O. The molecule has 8 heteroatoms. The van der Waals surface area contributed by atoms with Crippen LogP contribution in [0.15, 0.2) is 57.7 Å². The second kappa shape index (κ2) is 7.97. The van der Waals surface area contributed by atoms with E-state index in [4.69, 9.17) is 14.9 Å². The van der Waals surface area contributed by atoms with Gasteiger partial charge in [0.1, 0.15) is 11.3 Å². The van der Waals surface area contributed by atoms with Crippen LogP contribution in [-0.2, 0) is 9.53 Å². The van der Waals surface area contributed by atoms with Gasteiger partial charge in [0.05, 0.1) is 5.39 Å². The van der Waals surface area contributed by atoms with Crippen LogP contribution in [0.25, 0.3) is 22.3 Å². The zero-order valence-corrected chi connectivity index (χ0v) is 15.7. The van der Waals surface area contributed by atoms with Gasteiger partial charge in [0, 0.05) is 11.1 Å². The first-order chi connectivity index (χ1) is 13.8. The smallest absolute Gasteiger partial charge is 0.342 e. The number of fused-ring (bicyclic) bond motifs is 1. The lowest BCUT2D eigenvalue weighted by molar-refractivity contribution is -0.127. The summed E-state index contributed by atoms with van der Waals surface area (Å²) in [4.78, 5) is 48.0. The molecule has 1 atom stereocenters. The van der Waals surface area contributed by atoms with E-state index in [1.807, 2.05) is 11.4 Å². The average Bonchev–Trinajstić information content (AvgIpc) is 2.70. The highest BCUT2D eigenvalue weighted by atomic mass is 16.5. The molecule has 29 heavy (non-hydrogen) atoms. The van der Waals surface area contributed by atoms with E-state index >= 15 is 0 Å². The van der Waals surface area contributed by atoms with Crippen molar-refractivity contribution in [1.29, 1.82) is 0 Å². The van der Waals surface area contributed by atoms with Crippen LogP contribution < -0.4 is 16.5 Å². The summed E-state index contributed by atoms with van der Waals surface area (Å²) in [6.07, 6.45) is -1.28. The Labute approximate surface area is 165 Å². The van der Waals surface area contributed by atoms with Crippen LogP contribution >= 0.6 is 0 Å². The summed E-state index contributed by atoms with van der Waals surface area (Å²) in [5, 5.41) is 2.05. The Hall–Kier alpha value is -3.94. The number of hydrogen-bond donors (Lipinski definition) is 2. The normalized spacial score (nSPS) is 11.7. The lowest BCUT2D eigenvalue weighted by atomic mass is 10.0. The molecule has 1 unspecified atom stereocenters. The molecule has 0 aliphatic rings. The molecule has 0 saturated carbocycles. The quantitative estimate of drug-likeness (QED) is 0.654. The van der Waals surface area contributed by atoms with Crippen LogP contribution in [0.2, 0.25) is 0 Å². The van der Waals surface area contributed by atoms with Crippen molar-refractivity contribution >= 4 is 28.9 Å². The second-order valence-corrected chi connectivity index (χ2v) is 6.33. The number of carbonyl (C=O) groups is 3. The number of para-hydroxylation sites is 1. The number of carbonyl (C=O) groups excluding carboxylic acids is 3. The number of hydrogen-bond acceptors (Lipinski definition) is 6. The summed E-state index contributed by atoms with van der Waals surface area (Å²) in [7, 11) is 0. The minimum Gasteiger partial charge on any atom is -0.455 e. The number of primary amides is 1. The van der Waals surface area contributed by atoms with Gasteiger partial charge >= 0.3 is 12.0 Å². The standard InChI is InChI=1S/C21H18N2O6/c1-11-16(24)14-9-6-10-15(20(26)28-12(2)19(25)23-21(22)27)18(14)29-17(11)13-7-4-3-5-8-13/h3-10,12H,1-2H3,(H3,22,23,25,27). The predicted octanol–water partition coefficient (Wildman–Crippen LogP) is 2.51. The summed E-state index contributed by atoms with van der Waals surface area (Å²) in [5.41, 5.74) is 5.73. The number of benzene rings is 2. The Kier molecular flexibility index (Phi) is 5.45. The number of imide groups is 1. The summed E-state index contributed by atoms with van der Waals surface area (Å²) in [6, 6.07) is 12.4. The van der Waals surface area contributed by atoms with Gasteiger partial charge in [-0.05, 0) is 26.0 Å². The first kappa shape index (κ1) is 19.8. The molecule has 0 aliphatic heterocycles. The number of esters is 1. The number of nitrogens with two attached hydrogens (primary N) is 1. The van der Waals surface area contributed by atoms with Crippen LogP contribution in [-0.4, -0.2) is 24.0 Å². The third-order valence-electron chi connectivity index (χ3n) is 4.30. The topological polar surface area (TPSA) is 129 Å². The molecular formula is C21H18N2O6. The van der Waals surface area contributed by atoms with Crippen molar-refractivity contribution in [2.45, 2.75) is 20.0 Å². The molecule has 148 valence electrons. The molecule has 3 N–H and O–H groups in total. The van der Waals surface area contributed by atoms with Crippen LogP contribution in [0, 0.1) is 6.92 Å². The van der Waals surface area contributed by atoms with E-state index in [-0.39, 0.29) is 22.0 Å². The number of ether oxygens (including phenoxy) is 1. The molecule has 0 fully saturated rings. The molecule has 1 aromatic heterocycles. The van der Waals surface area contributed by atoms with Crippen molar-refractivity contribution in [3.63, 3.8) is 0 Å². The zero-order valence-electron chi connectivity index (χ0n) is 15.7. The lowest BCUT2D eigenvalue weighted by Crippen LogP contribution is -2.42. The number of urea groups is 1. The summed E-state index contributed by atoms with van der Waals surface area (Å²) in [5.74, 6) is -1.41. The maximum Gasteiger partial charge on any atom is 0.342 e. The van der Waals surface area contributed by atoms with Gasteiger partial charge < -0.3 is 14.9 Å². The maximum atomic E-state index is 12.8. The predicted molar refractivity (Wildman–Crippen MR) is 105 cm³/mol. The fraction of sp³-hybridized carbons (Fsp3) is 0.143. The molecule has 3 aromatic rings. The maximum absolute atomic E-state index is 12.8. The summed E-state index contributed by atoms with van der Waals surface area (Å²) < 4.78 is 11.0. The first-order valence-electron chi connectivity index (χ1n) is 8.72. The number of nitrogens with one attached hydrogen (secondary N) is 1. The van der Waals surface area contributed by atoms with Crippen LogP contribution in [0.1, 0.15) is 22.8 Å². The lowest BCUT2D eigenvalue weighted by Gasteiger charge is -2.13. The van der Waals surface area contributed by atoms with Gasteiger partial charge in [0.15, 0.2) is 17.1 Å². The number of rotatable bonds is 4. The summed E-state index contributed by atoms with van der Waals surface area (Å²) in [6.45, 7) is 2.94. The van der Waals surface area contributed by atoms with Crippen molar-refractivity contribution in [2.75, 3.05) is 0 Å². The van der Waals surface area contributed by atoms with Gasteiger partial charge in [-0.3, -0.25) is 14.9 Å². The molecule has 0 spiro atoms. The van der Waals surface area contributed by atoms with E-state index in [1.54, 1.807) is 37.3 Å². The Bertz CT molecular complexity index is 1170. The van der Waals surface area contributed by atoms with Gasteiger partial charge in [0.25, 0.3) is 5.91 Å². The molecule has 0 radical (unpaired) electrons. The minimum atomic E-state index is -1.28. The van der Waals surface area contributed by atoms with Crippen molar-refractivity contribution in [3.8, 4) is 11.3 Å². The van der Waals surface area contributed by atoms with Gasteiger partial charge in [-0.2, -0.15) is 0 Å². The fourth-order valence-electron chi connectivity index (χ4n) is 2.84. The Morgan fingerprint density at radius 2 is 1.76 bits per heavy atom. The van der Waals surface area contributed by atoms with Gasteiger partial charge in [-0.15, -0.1) is 0 Å². The molecule has 8 nitrogen and oxygen atoms in total. The monoisotopic (exact) mass is 394 g/mol. The minimum absolute atomic E-state index is 0.0180. The Morgan fingerprint density at radius 1 is 1.07 bits per heavy atom. The second-order valence-electron chi connectivity index (χ2n) is 6.33. The van der Waals surface area contributed by atoms with Gasteiger partial charge in [-0.25, -0.2) is 9.59 Å². The molecule has 3 amide bonds. The molecule has 3 rings (SSSR count). The van der Waals surface area contributed by atoms with E-state index in [0.717, 1.165) is 0 Å². The number of amides is 3. The molecule has 2 aromatic carbocycles. The van der Waals surface area contributed by atoms with E-state index in [0.29, 0.717) is 16.9 Å². The van der Waals surface area contributed by atoms with Crippen LogP contribution in [0.4, 0.5) is 4.79 Å². The third-order valence-corrected chi connectivity index (χ3v) is 4.30. The Balaban J connectivity index is 2.06. The van der Waals surface area contributed by atoms with E-state index in [1.165, 1.54) is 19.1 Å². The molecule has 0 aliphatic carbocycles. The third kappa shape index (κ3) is 4.01. The van der Waals surface area contributed by atoms with E-state index in [2.05, 4.69) is 0 Å². The van der Waals surface area contributed by atoms with Crippen LogP contribution in [0.3, 0.4) is 0 Å². The van der Waals surface area contributed by atoms with Gasteiger partial charge in [-0.1, -0.05) is 36.4 Å². The highest BCUT2D eigenvalue weighted by Gasteiger charge is 2.23. The molecule has 1 heterocycles. The van der Waals surface area contributed by atoms with Crippen molar-refractivity contribution in [3.05, 3.63) is 69.9 Å². The fourth-order valence-corrected chi connectivity index (χ4v) is 2.84. The largest absolute Gasteiger partial charge is 0.455 e. The van der Waals surface area contributed by atoms with Crippen molar-refractivity contribution < 1.29 is 23.5 Å². The Morgan fingerprint density at radius 3 is 2.41 bits per heavy atom. The zero-order chi connectivity index (χ0) is 21.1. The van der Waals surface area contributed by atoms with E-state index < -0.39 is 24.0 Å². The molecular weight excluding hydrogens is 376 g/mol. The van der Waals surface area contributed by atoms with Crippen molar-refractivity contribution in [1.82, 2.24) is 5.32 Å². The molecule has 0 saturated heterocycles. The summed E-state index contributed by atoms with van der Waals surface area (Å²) >= 11 is 0. The first-order valence-corrected chi connectivity index (χ1v) is 8.72. The highest BCUT2D eigenvalue weighted by Crippen LogP contribution is 2.27.